The summed E-state index contributed by atoms with van der Waals surface area (Å²) in [6.45, 7) is -0.438. The van der Waals surface area contributed by atoms with Crippen molar-refractivity contribution in [1.29, 1.82) is 5.26 Å². The molecule has 10 heteroatoms. The fraction of sp³-hybridized carbons (Fsp3) is 0.467. The zero-order valence-electron chi connectivity index (χ0n) is 13.7. The maximum atomic E-state index is 10.2. The summed E-state index contributed by atoms with van der Waals surface area (Å²) in [6, 6.07) is 2.06. The SMILES string of the molecule is CN(C)C=Nc1ncnc2c1c(C#N)cn2C1OC(CO)C(O)C1O. The van der Waals surface area contributed by atoms with Crippen LogP contribution in [-0.2, 0) is 4.74 Å². The molecule has 0 bridgehead atoms. The lowest BCUT2D eigenvalue weighted by Crippen LogP contribution is -2.33. The molecule has 0 saturated carbocycles. The van der Waals surface area contributed by atoms with Gasteiger partial charge in [0, 0.05) is 20.3 Å². The van der Waals surface area contributed by atoms with Crippen molar-refractivity contribution >= 4 is 23.2 Å². The van der Waals surface area contributed by atoms with Gasteiger partial charge in [-0.3, -0.25) is 0 Å². The zero-order valence-corrected chi connectivity index (χ0v) is 13.7. The molecule has 0 spiro atoms. The normalized spacial score (nSPS) is 26.4. The van der Waals surface area contributed by atoms with Gasteiger partial charge in [-0.2, -0.15) is 5.26 Å². The quantitative estimate of drug-likeness (QED) is 0.480. The Balaban J connectivity index is 2.13. The molecule has 0 aromatic carbocycles. The van der Waals surface area contributed by atoms with Gasteiger partial charge in [0.05, 0.1) is 23.9 Å². The van der Waals surface area contributed by atoms with E-state index in [1.807, 2.05) is 0 Å². The van der Waals surface area contributed by atoms with Gasteiger partial charge in [-0.05, 0) is 0 Å². The lowest BCUT2D eigenvalue weighted by Gasteiger charge is -2.17. The van der Waals surface area contributed by atoms with Gasteiger partial charge in [0.25, 0.3) is 0 Å². The number of nitrogens with zero attached hydrogens (tertiary/aromatic N) is 6. The maximum Gasteiger partial charge on any atom is 0.167 e. The molecule has 3 heterocycles. The number of aliphatic hydroxyl groups is 3. The van der Waals surface area contributed by atoms with Crippen LogP contribution in [0.5, 0.6) is 0 Å². The van der Waals surface area contributed by atoms with E-state index in [2.05, 4.69) is 21.0 Å². The first-order valence-corrected chi connectivity index (χ1v) is 7.56. The number of ether oxygens (including phenoxy) is 1. The number of fused-ring (bicyclic) bond motifs is 1. The van der Waals surface area contributed by atoms with Crippen LogP contribution in [0.2, 0.25) is 0 Å². The number of hydrogen-bond acceptors (Lipinski definition) is 8. The van der Waals surface area contributed by atoms with Crippen LogP contribution in [0.4, 0.5) is 5.82 Å². The fourth-order valence-corrected chi connectivity index (χ4v) is 2.73. The zero-order chi connectivity index (χ0) is 18.1. The molecule has 0 radical (unpaired) electrons. The number of hydrogen-bond donors (Lipinski definition) is 3. The second-order valence-corrected chi connectivity index (χ2v) is 5.89. The molecule has 0 aliphatic carbocycles. The monoisotopic (exact) mass is 346 g/mol. The van der Waals surface area contributed by atoms with Gasteiger partial charge >= 0.3 is 0 Å². The van der Waals surface area contributed by atoms with E-state index in [-0.39, 0.29) is 5.56 Å². The summed E-state index contributed by atoms with van der Waals surface area (Å²) in [6.07, 6.45) is -0.118. The van der Waals surface area contributed by atoms with Crippen LogP contribution in [0.1, 0.15) is 11.8 Å². The Morgan fingerprint density at radius 3 is 2.76 bits per heavy atom. The summed E-state index contributed by atoms with van der Waals surface area (Å²) in [5.74, 6) is 0.306. The first-order chi connectivity index (χ1) is 12.0. The summed E-state index contributed by atoms with van der Waals surface area (Å²) >= 11 is 0. The second kappa shape index (κ2) is 6.73. The minimum atomic E-state index is -1.28. The van der Waals surface area contributed by atoms with Crippen molar-refractivity contribution in [3.8, 4) is 6.07 Å². The van der Waals surface area contributed by atoms with E-state index in [1.165, 1.54) is 17.1 Å². The van der Waals surface area contributed by atoms with Crippen LogP contribution >= 0.6 is 0 Å². The lowest BCUT2D eigenvalue weighted by atomic mass is 10.1. The van der Waals surface area contributed by atoms with Crippen LogP contribution in [0.3, 0.4) is 0 Å². The van der Waals surface area contributed by atoms with Crippen molar-refractivity contribution in [2.75, 3.05) is 20.7 Å². The van der Waals surface area contributed by atoms with E-state index in [0.29, 0.717) is 16.9 Å². The highest BCUT2D eigenvalue weighted by Gasteiger charge is 2.44. The van der Waals surface area contributed by atoms with E-state index < -0.39 is 31.1 Å². The number of aliphatic imine (C=N–C) groups is 1. The molecule has 4 atom stereocenters. The van der Waals surface area contributed by atoms with Crippen molar-refractivity contribution in [3.05, 3.63) is 18.1 Å². The Bertz CT molecular complexity index is 842. The van der Waals surface area contributed by atoms with E-state index in [1.54, 1.807) is 25.3 Å². The molecule has 132 valence electrons. The molecule has 2 aromatic heterocycles. The van der Waals surface area contributed by atoms with Crippen molar-refractivity contribution in [1.82, 2.24) is 19.4 Å². The molecule has 3 rings (SSSR count). The second-order valence-electron chi connectivity index (χ2n) is 5.89. The van der Waals surface area contributed by atoms with E-state index in [0.717, 1.165) is 0 Å². The highest BCUT2D eigenvalue weighted by molar-refractivity contribution is 5.92. The van der Waals surface area contributed by atoms with Gasteiger partial charge in [-0.25, -0.2) is 15.0 Å². The first kappa shape index (κ1) is 17.2. The third kappa shape index (κ3) is 2.94. The molecular weight excluding hydrogens is 328 g/mol. The minimum absolute atomic E-state index is 0.263. The van der Waals surface area contributed by atoms with Crippen LogP contribution in [0.15, 0.2) is 17.5 Å². The van der Waals surface area contributed by atoms with Crippen LogP contribution in [-0.4, -0.2) is 80.1 Å². The van der Waals surface area contributed by atoms with Gasteiger partial charge < -0.3 is 29.5 Å². The van der Waals surface area contributed by atoms with Gasteiger partial charge in [0.2, 0.25) is 0 Å². The molecule has 25 heavy (non-hydrogen) atoms. The van der Waals surface area contributed by atoms with Crippen LogP contribution in [0.25, 0.3) is 11.0 Å². The Hall–Kier alpha value is -2.58. The predicted octanol–water partition coefficient (Wildman–Crippen LogP) is -0.864. The Morgan fingerprint density at radius 2 is 2.16 bits per heavy atom. The van der Waals surface area contributed by atoms with Crippen molar-refractivity contribution in [3.63, 3.8) is 0 Å². The largest absolute Gasteiger partial charge is 0.394 e. The van der Waals surface area contributed by atoms with Crippen molar-refractivity contribution in [2.45, 2.75) is 24.5 Å². The van der Waals surface area contributed by atoms with E-state index in [4.69, 9.17) is 4.74 Å². The molecule has 10 nitrogen and oxygen atoms in total. The van der Waals surface area contributed by atoms with Crippen molar-refractivity contribution < 1.29 is 20.1 Å². The molecule has 1 fully saturated rings. The van der Waals surface area contributed by atoms with Gasteiger partial charge in [0.1, 0.15) is 36.4 Å². The van der Waals surface area contributed by atoms with Gasteiger partial charge in [-0.1, -0.05) is 0 Å². The number of aromatic nitrogens is 3. The molecule has 1 saturated heterocycles. The highest BCUT2D eigenvalue weighted by Crippen LogP contribution is 2.35. The lowest BCUT2D eigenvalue weighted by molar-refractivity contribution is -0.0508. The summed E-state index contributed by atoms with van der Waals surface area (Å²) in [7, 11) is 3.61. The summed E-state index contributed by atoms with van der Waals surface area (Å²) in [5, 5.41) is 39.3. The van der Waals surface area contributed by atoms with E-state index >= 15 is 0 Å². The Labute approximate surface area is 143 Å². The fourth-order valence-electron chi connectivity index (χ4n) is 2.73. The average Bonchev–Trinajstić information content (AvgIpc) is 3.11. The smallest absolute Gasteiger partial charge is 0.167 e. The minimum Gasteiger partial charge on any atom is -0.394 e. The molecule has 2 aromatic rings. The first-order valence-electron chi connectivity index (χ1n) is 7.56. The predicted molar refractivity (Wildman–Crippen MR) is 87.1 cm³/mol. The topological polar surface area (TPSA) is 140 Å². The average molecular weight is 346 g/mol. The molecule has 0 amide bonds. The number of aliphatic hydroxyl groups excluding tert-OH is 3. The van der Waals surface area contributed by atoms with E-state index in [9.17, 15) is 20.6 Å². The number of rotatable bonds is 4. The standard InChI is InChI=1S/C15H18N6O4/c1-20(2)7-19-13-10-8(3-16)4-21(14(10)18-6-17-13)15-12(24)11(23)9(5-22)25-15/h4,6-7,9,11-12,15,22-24H,5H2,1-2H3. The third-order valence-electron chi connectivity index (χ3n) is 3.91. The molecule has 1 aliphatic heterocycles. The molecular formula is C15H18N6O4. The maximum absolute atomic E-state index is 10.2. The number of nitriles is 1. The Kier molecular flexibility index (Phi) is 4.65. The van der Waals surface area contributed by atoms with Crippen LogP contribution in [0, 0.1) is 11.3 Å². The molecule has 1 aliphatic rings. The molecule has 3 N–H and O–H groups in total. The highest BCUT2D eigenvalue weighted by atomic mass is 16.6. The van der Waals surface area contributed by atoms with Gasteiger partial charge in [-0.15, -0.1) is 0 Å². The Morgan fingerprint density at radius 1 is 1.40 bits per heavy atom. The third-order valence-corrected chi connectivity index (χ3v) is 3.91. The van der Waals surface area contributed by atoms with Crippen LogP contribution < -0.4 is 0 Å². The summed E-state index contributed by atoms with van der Waals surface area (Å²) in [4.78, 5) is 14.2. The summed E-state index contributed by atoms with van der Waals surface area (Å²) in [5.41, 5.74) is 0.603. The van der Waals surface area contributed by atoms with Gasteiger partial charge in [0.15, 0.2) is 12.0 Å². The molecule has 4 unspecified atom stereocenters. The van der Waals surface area contributed by atoms with Crippen molar-refractivity contribution in [2.24, 2.45) is 4.99 Å². The summed E-state index contributed by atoms with van der Waals surface area (Å²) < 4.78 is 6.97.